The van der Waals surface area contributed by atoms with Crippen LogP contribution in [0.15, 0.2) is 18.2 Å². The van der Waals surface area contributed by atoms with E-state index in [-0.39, 0.29) is 12.1 Å². The first-order chi connectivity index (χ1) is 7.04. The van der Waals surface area contributed by atoms with Gasteiger partial charge < -0.3 is 10.5 Å². The van der Waals surface area contributed by atoms with Gasteiger partial charge in [-0.15, -0.1) is 0 Å². The van der Waals surface area contributed by atoms with Crippen molar-refractivity contribution in [2.45, 2.75) is 39.3 Å². The van der Waals surface area contributed by atoms with Gasteiger partial charge in [-0.1, -0.05) is 24.6 Å². The van der Waals surface area contributed by atoms with Gasteiger partial charge in [0.1, 0.15) is 5.75 Å². The Hall–Kier alpha value is -0.730. The van der Waals surface area contributed by atoms with Gasteiger partial charge in [0.05, 0.1) is 11.1 Å². The number of hydrogen-bond donors (Lipinski definition) is 1. The summed E-state index contributed by atoms with van der Waals surface area (Å²) in [4.78, 5) is 0. The van der Waals surface area contributed by atoms with E-state index in [1.807, 2.05) is 32.0 Å². The van der Waals surface area contributed by atoms with Crippen molar-refractivity contribution in [1.82, 2.24) is 0 Å². The zero-order valence-corrected chi connectivity index (χ0v) is 10.2. The van der Waals surface area contributed by atoms with E-state index in [1.165, 1.54) is 0 Å². The summed E-state index contributed by atoms with van der Waals surface area (Å²) in [6, 6.07) is 5.79. The molecule has 0 spiro atoms. The molecule has 0 aliphatic rings. The second-order valence-electron chi connectivity index (χ2n) is 3.87. The van der Waals surface area contributed by atoms with Crippen LogP contribution in [0.1, 0.15) is 38.8 Å². The smallest absolute Gasteiger partial charge is 0.138 e. The van der Waals surface area contributed by atoms with Crippen molar-refractivity contribution >= 4 is 11.6 Å². The van der Waals surface area contributed by atoms with Crippen LogP contribution in [0.4, 0.5) is 0 Å². The van der Waals surface area contributed by atoms with Crippen molar-refractivity contribution in [3.8, 4) is 5.75 Å². The van der Waals surface area contributed by atoms with Crippen molar-refractivity contribution in [3.63, 3.8) is 0 Å². The zero-order valence-electron chi connectivity index (χ0n) is 9.46. The Kier molecular flexibility index (Phi) is 4.43. The number of ether oxygens (including phenoxy) is 1. The minimum atomic E-state index is 0.0515. The highest BCUT2D eigenvalue weighted by molar-refractivity contribution is 6.32. The molecule has 1 aromatic rings. The van der Waals surface area contributed by atoms with Crippen LogP contribution in [-0.4, -0.2) is 6.10 Å². The van der Waals surface area contributed by atoms with Gasteiger partial charge >= 0.3 is 0 Å². The normalized spacial score (nSPS) is 12.9. The molecule has 2 N–H and O–H groups in total. The molecule has 2 nitrogen and oxygen atoms in total. The number of rotatable bonds is 4. The van der Waals surface area contributed by atoms with Gasteiger partial charge in [0.2, 0.25) is 0 Å². The maximum atomic E-state index is 6.09. The van der Waals surface area contributed by atoms with Gasteiger partial charge in [-0.05, 0) is 38.0 Å². The van der Waals surface area contributed by atoms with Gasteiger partial charge in [0, 0.05) is 6.04 Å². The maximum Gasteiger partial charge on any atom is 0.138 e. The van der Waals surface area contributed by atoms with Gasteiger partial charge in [-0.3, -0.25) is 0 Å². The van der Waals surface area contributed by atoms with Crippen molar-refractivity contribution in [3.05, 3.63) is 28.8 Å². The summed E-state index contributed by atoms with van der Waals surface area (Å²) in [5, 5.41) is 0.630. The summed E-state index contributed by atoms with van der Waals surface area (Å²) in [6.07, 6.45) is 1.04. The second kappa shape index (κ2) is 5.38. The fraction of sp³-hybridized carbons (Fsp3) is 0.500. The minimum absolute atomic E-state index is 0.0515. The third-order valence-electron chi connectivity index (χ3n) is 2.19. The van der Waals surface area contributed by atoms with Gasteiger partial charge in [-0.25, -0.2) is 0 Å². The van der Waals surface area contributed by atoms with Gasteiger partial charge in [-0.2, -0.15) is 0 Å². The topological polar surface area (TPSA) is 35.2 Å². The SMILES string of the molecule is CCC(N)c1ccc(OC(C)C)c(Cl)c1. The molecule has 0 aromatic heterocycles. The average Bonchev–Trinajstić information content (AvgIpc) is 2.19. The molecule has 0 heterocycles. The maximum absolute atomic E-state index is 6.09. The van der Waals surface area contributed by atoms with Gasteiger partial charge in [0.15, 0.2) is 0 Å². The van der Waals surface area contributed by atoms with Crippen molar-refractivity contribution in [2.75, 3.05) is 0 Å². The lowest BCUT2D eigenvalue weighted by Crippen LogP contribution is -2.09. The first kappa shape index (κ1) is 12.3. The van der Waals surface area contributed by atoms with Crippen molar-refractivity contribution < 1.29 is 4.74 Å². The van der Waals surface area contributed by atoms with Crippen LogP contribution >= 0.6 is 11.6 Å². The van der Waals surface area contributed by atoms with E-state index in [0.29, 0.717) is 5.02 Å². The molecule has 1 unspecified atom stereocenters. The molecule has 0 radical (unpaired) electrons. The van der Waals surface area contributed by atoms with Crippen molar-refractivity contribution in [1.29, 1.82) is 0 Å². The summed E-state index contributed by atoms with van der Waals surface area (Å²) >= 11 is 6.09. The van der Waals surface area contributed by atoms with E-state index >= 15 is 0 Å². The lowest BCUT2D eigenvalue weighted by Gasteiger charge is -2.14. The molecule has 0 saturated carbocycles. The standard InChI is InChI=1S/C12H18ClNO/c1-4-11(14)9-5-6-12(10(13)7-9)15-8(2)3/h5-8,11H,4,14H2,1-3H3. The van der Waals surface area contributed by atoms with Crippen molar-refractivity contribution in [2.24, 2.45) is 5.73 Å². The van der Waals surface area contributed by atoms with E-state index in [9.17, 15) is 0 Å². The average molecular weight is 228 g/mol. The van der Waals surface area contributed by atoms with Crippen LogP contribution in [-0.2, 0) is 0 Å². The first-order valence-corrected chi connectivity index (χ1v) is 5.64. The molecule has 0 saturated heterocycles. The summed E-state index contributed by atoms with van der Waals surface area (Å²) in [5.74, 6) is 0.721. The van der Waals surface area contributed by atoms with Crippen LogP contribution < -0.4 is 10.5 Å². The van der Waals surface area contributed by atoms with E-state index in [0.717, 1.165) is 17.7 Å². The Labute approximate surface area is 96.4 Å². The van der Waals surface area contributed by atoms with E-state index < -0.39 is 0 Å². The highest BCUT2D eigenvalue weighted by atomic mass is 35.5. The third kappa shape index (κ3) is 3.40. The Morgan fingerprint density at radius 3 is 2.53 bits per heavy atom. The van der Waals surface area contributed by atoms with E-state index in [2.05, 4.69) is 6.92 Å². The van der Waals surface area contributed by atoms with Crippen LogP contribution in [0, 0.1) is 0 Å². The molecular weight excluding hydrogens is 210 g/mol. The third-order valence-corrected chi connectivity index (χ3v) is 2.48. The molecule has 0 aliphatic heterocycles. The highest BCUT2D eigenvalue weighted by Gasteiger charge is 2.08. The Morgan fingerprint density at radius 1 is 1.40 bits per heavy atom. The predicted octanol–water partition coefficient (Wildman–Crippen LogP) is 3.54. The zero-order chi connectivity index (χ0) is 11.4. The molecule has 84 valence electrons. The molecule has 1 rings (SSSR count). The molecule has 0 amide bonds. The van der Waals surface area contributed by atoms with Crippen LogP contribution in [0.5, 0.6) is 5.75 Å². The van der Waals surface area contributed by atoms with Crippen LogP contribution in [0.25, 0.3) is 0 Å². The Morgan fingerprint density at radius 2 is 2.07 bits per heavy atom. The fourth-order valence-electron chi connectivity index (χ4n) is 1.33. The Bertz CT molecular complexity index is 325. The molecule has 3 heteroatoms. The molecule has 0 bridgehead atoms. The minimum Gasteiger partial charge on any atom is -0.489 e. The molecule has 1 atom stereocenters. The molecule has 1 aromatic carbocycles. The summed E-state index contributed by atoms with van der Waals surface area (Å²) in [5.41, 5.74) is 6.97. The molecular formula is C12H18ClNO. The monoisotopic (exact) mass is 227 g/mol. The summed E-state index contributed by atoms with van der Waals surface area (Å²) < 4.78 is 5.54. The fourth-order valence-corrected chi connectivity index (χ4v) is 1.57. The van der Waals surface area contributed by atoms with Gasteiger partial charge in [0.25, 0.3) is 0 Å². The van der Waals surface area contributed by atoms with E-state index in [4.69, 9.17) is 22.1 Å². The number of benzene rings is 1. The second-order valence-corrected chi connectivity index (χ2v) is 4.28. The highest BCUT2D eigenvalue weighted by Crippen LogP contribution is 2.28. The number of nitrogens with two attached hydrogens (primary N) is 1. The number of halogens is 1. The quantitative estimate of drug-likeness (QED) is 0.854. The largest absolute Gasteiger partial charge is 0.489 e. The van der Waals surface area contributed by atoms with Crippen LogP contribution in [0.3, 0.4) is 0 Å². The molecule has 0 aliphatic carbocycles. The lowest BCUT2D eigenvalue weighted by atomic mass is 10.1. The Balaban J connectivity index is 2.88. The first-order valence-electron chi connectivity index (χ1n) is 5.26. The summed E-state index contributed by atoms with van der Waals surface area (Å²) in [6.45, 7) is 6.00. The number of hydrogen-bond acceptors (Lipinski definition) is 2. The molecule has 15 heavy (non-hydrogen) atoms. The predicted molar refractivity (Wildman–Crippen MR) is 64.4 cm³/mol. The lowest BCUT2D eigenvalue weighted by molar-refractivity contribution is 0.242. The summed E-state index contributed by atoms with van der Waals surface area (Å²) in [7, 11) is 0. The van der Waals surface area contributed by atoms with E-state index in [1.54, 1.807) is 0 Å². The molecule has 0 fully saturated rings. The van der Waals surface area contributed by atoms with Crippen LogP contribution in [0.2, 0.25) is 5.02 Å².